The van der Waals surface area contributed by atoms with Crippen molar-refractivity contribution in [3.63, 3.8) is 0 Å². The molecule has 15 heteroatoms. The maximum atomic E-state index is 12.3. The minimum atomic E-state index is -3.78. The number of piperidine rings is 2. The maximum absolute atomic E-state index is 12.3. The number of carbonyl (C=O) groups excluding carboxylic acids is 2. The molecule has 2 saturated heterocycles. The molecule has 288 valence electrons. The third-order valence-corrected chi connectivity index (χ3v) is 10.3. The van der Waals surface area contributed by atoms with Crippen LogP contribution in [0.25, 0.3) is 0 Å². The molecule has 4 rings (SSSR count). The first kappa shape index (κ1) is 44.3. The van der Waals surface area contributed by atoms with Gasteiger partial charge in [0.1, 0.15) is 11.2 Å². The Balaban J connectivity index is 0.000000293. The molecule has 2 aliphatic rings. The number of halogens is 1. The van der Waals surface area contributed by atoms with Crippen LogP contribution in [0, 0.1) is 25.7 Å². The topological polar surface area (TPSA) is 157 Å². The summed E-state index contributed by atoms with van der Waals surface area (Å²) in [5.74, 6) is 0.188. The van der Waals surface area contributed by atoms with Crippen LogP contribution >= 0.6 is 10.7 Å². The van der Waals surface area contributed by atoms with Gasteiger partial charge in [-0.15, -0.1) is 0 Å². The van der Waals surface area contributed by atoms with Gasteiger partial charge < -0.3 is 24.4 Å². The van der Waals surface area contributed by atoms with Crippen LogP contribution in [0.3, 0.4) is 0 Å². The van der Waals surface area contributed by atoms with E-state index in [0.717, 1.165) is 43.4 Å². The maximum Gasteiger partial charge on any atom is 0.410 e. The lowest BCUT2D eigenvalue weighted by molar-refractivity contribution is 0.0125. The van der Waals surface area contributed by atoms with Crippen LogP contribution in [-0.2, 0) is 32.8 Å². The summed E-state index contributed by atoms with van der Waals surface area (Å²) in [5, 5.41) is 9.04. The number of amides is 2. The number of likely N-dealkylation sites (tertiary alicyclic amines) is 2. The molecule has 0 radical (unpaired) electrons. The van der Waals surface area contributed by atoms with Gasteiger partial charge in [-0.25, -0.2) is 18.0 Å². The second kappa shape index (κ2) is 19.2. The molecule has 0 aromatic heterocycles. The standard InChI is InChI=1S/C18H27NO5S.C11H21NO3.C7H7ClO2S/c1-14-7-9-16(10-8-14)25(21,22)23-13-15-6-5-11-19(12-15)17(20)24-18(2,3)4;1-11(2,3)15-10(14)12-6-4-5-9(7-12)8-13;1-6-2-4-7(5-3-6)11(8,9)10/h7-10,15H,5-6,11-13H2,1-4H3;9,13H,4-8H2,1-3H3;2-5H,1H3/t15-;9-;/m00./s1. The monoisotopic (exact) mass is 774 g/mol. The molecule has 2 aromatic rings. The summed E-state index contributed by atoms with van der Waals surface area (Å²) in [5.41, 5.74) is 1.01. The predicted molar refractivity (Wildman–Crippen MR) is 197 cm³/mol. The Bertz CT molecular complexity index is 1620. The number of aryl methyl sites for hydroxylation is 2. The molecular weight excluding hydrogens is 720 g/mol. The Morgan fingerprint density at radius 3 is 1.51 bits per heavy atom. The van der Waals surface area contributed by atoms with Gasteiger partial charge >= 0.3 is 12.2 Å². The lowest BCUT2D eigenvalue weighted by atomic mass is 9.99. The van der Waals surface area contributed by atoms with Crippen molar-refractivity contribution in [2.45, 2.75) is 102 Å². The summed E-state index contributed by atoms with van der Waals surface area (Å²) in [4.78, 5) is 27.5. The molecule has 1 N–H and O–H groups in total. The minimum absolute atomic E-state index is 0.0264. The molecule has 0 spiro atoms. The van der Waals surface area contributed by atoms with Gasteiger partial charge in [0.05, 0.1) is 16.4 Å². The van der Waals surface area contributed by atoms with Crippen molar-refractivity contribution >= 4 is 42.0 Å². The lowest BCUT2D eigenvalue weighted by Gasteiger charge is -2.33. The molecule has 0 unspecified atom stereocenters. The Labute approximate surface area is 308 Å². The summed E-state index contributed by atoms with van der Waals surface area (Å²) >= 11 is 0. The second-order valence-electron chi connectivity index (χ2n) is 14.9. The van der Waals surface area contributed by atoms with Crippen molar-refractivity contribution < 1.29 is 45.2 Å². The van der Waals surface area contributed by atoms with E-state index in [1.165, 1.54) is 12.1 Å². The Kier molecular flexibility index (Phi) is 16.7. The number of rotatable bonds is 6. The van der Waals surface area contributed by atoms with Gasteiger partial charge in [0.2, 0.25) is 0 Å². The summed E-state index contributed by atoms with van der Waals surface area (Å²) in [6, 6.07) is 12.9. The van der Waals surface area contributed by atoms with Crippen LogP contribution in [0.2, 0.25) is 0 Å². The van der Waals surface area contributed by atoms with Crippen molar-refractivity contribution in [1.82, 2.24) is 9.80 Å². The highest BCUT2D eigenvalue weighted by molar-refractivity contribution is 8.13. The van der Waals surface area contributed by atoms with Crippen LogP contribution in [0.15, 0.2) is 58.3 Å². The van der Waals surface area contributed by atoms with Crippen molar-refractivity contribution in [2.24, 2.45) is 11.8 Å². The summed E-state index contributed by atoms with van der Waals surface area (Å²) in [6.45, 7) is 17.5. The molecule has 2 heterocycles. The van der Waals surface area contributed by atoms with E-state index >= 15 is 0 Å². The normalized spacial score (nSPS) is 18.4. The zero-order valence-corrected chi connectivity index (χ0v) is 33.4. The van der Waals surface area contributed by atoms with E-state index in [-0.39, 0.29) is 47.0 Å². The number of hydrogen-bond donors (Lipinski definition) is 1. The fourth-order valence-corrected chi connectivity index (χ4v) is 6.81. The van der Waals surface area contributed by atoms with Crippen LogP contribution in [0.1, 0.15) is 78.4 Å². The van der Waals surface area contributed by atoms with Crippen LogP contribution in [-0.4, -0.2) is 94.5 Å². The average molecular weight is 775 g/mol. The van der Waals surface area contributed by atoms with Crippen molar-refractivity contribution in [3.8, 4) is 0 Å². The third kappa shape index (κ3) is 17.0. The first-order valence-electron chi connectivity index (χ1n) is 17.0. The van der Waals surface area contributed by atoms with Gasteiger partial charge in [-0.1, -0.05) is 35.4 Å². The van der Waals surface area contributed by atoms with Crippen molar-refractivity contribution in [1.29, 1.82) is 0 Å². The number of benzene rings is 2. The highest BCUT2D eigenvalue weighted by Gasteiger charge is 2.29. The van der Waals surface area contributed by atoms with E-state index < -0.39 is 30.4 Å². The molecule has 2 fully saturated rings. The second-order valence-corrected chi connectivity index (χ2v) is 19.0. The van der Waals surface area contributed by atoms with E-state index in [4.69, 9.17) is 29.4 Å². The van der Waals surface area contributed by atoms with Gasteiger partial charge in [0.15, 0.2) is 0 Å². The lowest BCUT2D eigenvalue weighted by Crippen LogP contribution is -2.44. The number of hydrogen-bond acceptors (Lipinski definition) is 10. The molecule has 0 aliphatic carbocycles. The quantitative estimate of drug-likeness (QED) is 0.242. The largest absolute Gasteiger partial charge is 0.444 e. The Morgan fingerprint density at radius 1 is 0.725 bits per heavy atom. The predicted octanol–water partition coefficient (Wildman–Crippen LogP) is 6.90. The third-order valence-electron chi connectivity index (χ3n) is 7.67. The van der Waals surface area contributed by atoms with Gasteiger partial charge in [-0.2, -0.15) is 8.42 Å². The Hall–Kier alpha value is -2.91. The van der Waals surface area contributed by atoms with E-state index in [1.807, 2.05) is 55.4 Å². The molecule has 51 heavy (non-hydrogen) atoms. The van der Waals surface area contributed by atoms with Crippen molar-refractivity contribution in [3.05, 3.63) is 59.7 Å². The molecule has 2 aromatic carbocycles. The van der Waals surface area contributed by atoms with Crippen molar-refractivity contribution in [2.75, 3.05) is 39.4 Å². The first-order chi connectivity index (χ1) is 23.5. The molecule has 0 saturated carbocycles. The van der Waals surface area contributed by atoms with Crippen LogP contribution < -0.4 is 0 Å². The van der Waals surface area contributed by atoms with Crippen LogP contribution in [0.4, 0.5) is 9.59 Å². The molecule has 2 aliphatic heterocycles. The van der Waals surface area contributed by atoms with Gasteiger partial charge in [0, 0.05) is 49.4 Å². The molecule has 2 atom stereocenters. The first-order valence-corrected chi connectivity index (χ1v) is 20.7. The number of carbonyl (C=O) groups is 2. The van der Waals surface area contributed by atoms with E-state index in [2.05, 4.69) is 0 Å². The average Bonchev–Trinajstić information content (AvgIpc) is 3.03. The number of ether oxygens (including phenoxy) is 2. The van der Waals surface area contributed by atoms with Gasteiger partial charge in [-0.3, -0.25) is 4.18 Å². The fourth-order valence-electron chi connectivity index (χ4n) is 5.06. The smallest absolute Gasteiger partial charge is 0.410 e. The highest BCUT2D eigenvalue weighted by atomic mass is 35.7. The SMILES string of the molecule is CC(C)(C)OC(=O)N1CCC[C@H](CO)C1.Cc1ccc(S(=O)(=O)Cl)cc1.Cc1ccc(S(=O)(=O)OC[C@H]2CCCN(C(=O)OC(C)(C)C)C2)cc1. The fraction of sp³-hybridized carbons (Fsp3) is 0.611. The van der Waals surface area contributed by atoms with Gasteiger partial charge in [-0.05, 0) is 111 Å². The number of nitrogens with zero attached hydrogens (tertiary/aromatic N) is 2. The summed E-state index contributed by atoms with van der Waals surface area (Å²) in [7, 11) is -2.24. The zero-order chi connectivity index (χ0) is 38.6. The number of aliphatic hydroxyl groups is 1. The molecule has 12 nitrogen and oxygen atoms in total. The molecular formula is C36H55ClN2O10S2. The van der Waals surface area contributed by atoms with E-state index in [9.17, 15) is 26.4 Å². The minimum Gasteiger partial charge on any atom is -0.444 e. The summed E-state index contributed by atoms with van der Waals surface area (Å²) in [6.07, 6.45) is 2.94. The molecule has 0 bridgehead atoms. The molecule has 2 amide bonds. The van der Waals surface area contributed by atoms with Gasteiger partial charge in [0.25, 0.3) is 19.2 Å². The zero-order valence-electron chi connectivity index (χ0n) is 31.1. The van der Waals surface area contributed by atoms with Crippen LogP contribution in [0.5, 0.6) is 0 Å². The van der Waals surface area contributed by atoms with E-state index in [1.54, 1.807) is 46.2 Å². The number of aliphatic hydroxyl groups excluding tert-OH is 1. The Morgan fingerprint density at radius 2 is 1.12 bits per heavy atom. The van der Waals surface area contributed by atoms with E-state index in [0.29, 0.717) is 19.6 Å². The summed E-state index contributed by atoms with van der Waals surface area (Å²) < 4.78 is 61.8. The highest BCUT2D eigenvalue weighted by Crippen LogP contribution is 2.22.